The van der Waals surface area contributed by atoms with Crippen LogP contribution in [0.15, 0.2) is 47.5 Å². The number of fused-ring (bicyclic) bond motifs is 2. The van der Waals surface area contributed by atoms with Gasteiger partial charge in [-0.1, -0.05) is 32.0 Å². The van der Waals surface area contributed by atoms with Gasteiger partial charge >= 0.3 is 0 Å². The van der Waals surface area contributed by atoms with Gasteiger partial charge in [0.2, 0.25) is 0 Å². The molecule has 2 aliphatic heterocycles. The minimum Gasteiger partial charge on any atom is -0.354 e. The van der Waals surface area contributed by atoms with E-state index in [0.29, 0.717) is 6.42 Å². The van der Waals surface area contributed by atoms with Crippen LogP contribution in [0.3, 0.4) is 0 Å². The summed E-state index contributed by atoms with van der Waals surface area (Å²) in [7, 11) is 0. The van der Waals surface area contributed by atoms with Gasteiger partial charge in [-0.25, -0.2) is 9.38 Å². The number of Topliss-reactive ketones (excluding diaryl/α,β-unsaturated/α-hetero) is 1. The molecule has 0 bridgehead atoms. The molecule has 0 unspecified atom stereocenters. The SMILES string of the molecule is CC(=O)C(C)(C)CN1CCN(C2=Nc3ccccc3Cc3cc(F)ccc32)CC1. The number of carbonyl (C=O) groups is 1. The normalized spacial score (nSPS) is 17.2. The third kappa shape index (κ3) is 4.10. The van der Waals surface area contributed by atoms with E-state index >= 15 is 0 Å². The zero-order valence-electron chi connectivity index (χ0n) is 17.4. The molecule has 4 nitrogen and oxygen atoms in total. The number of benzene rings is 2. The van der Waals surface area contributed by atoms with E-state index in [1.165, 1.54) is 6.07 Å². The van der Waals surface area contributed by atoms with Crippen molar-refractivity contribution in [2.24, 2.45) is 10.4 Å². The molecule has 0 aromatic heterocycles. The first-order valence-corrected chi connectivity index (χ1v) is 10.3. The number of carbonyl (C=O) groups excluding carboxylic acids is 1. The lowest BCUT2D eigenvalue weighted by molar-refractivity contribution is -0.126. The summed E-state index contributed by atoms with van der Waals surface area (Å²) in [6.07, 6.45) is 0.684. The molecule has 0 radical (unpaired) electrons. The lowest BCUT2D eigenvalue weighted by Crippen LogP contribution is -2.51. The van der Waals surface area contributed by atoms with Crippen LogP contribution in [0.2, 0.25) is 0 Å². The zero-order chi connectivity index (χ0) is 20.6. The Kier molecular flexibility index (Phi) is 5.26. The molecule has 1 saturated heterocycles. The van der Waals surface area contributed by atoms with E-state index in [-0.39, 0.29) is 17.0 Å². The number of ketones is 1. The Morgan fingerprint density at radius 2 is 1.79 bits per heavy atom. The fourth-order valence-corrected chi connectivity index (χ4v) is 4.10. The van der Waals surface area contributed by atoms with Gasteiger partial charge in [0.1, 0.15) is 17.4 Å². The Hall–Kier alpha value is -2.53. The van der Waals surface area contributed by atoms with Gasteiger partial charge in [0.05, 0.1) is 5.69 Å². The predicted molar refractivity (Wildman–Crippen MR) is 114 cm³/mol. The Morgan fingerprint density at radius 1 is 1.07 bits per heavy atom. The number of hydrogen-bond acceptors (Lipinski definition) is 4. The van der Waals surface area contributed by atoms with Crippen LogP contribution in [0.5, 0.6) is 0 Å². The number of piperazine rings is 1. The van der Waals surface area contributed by atoms with Crippen molar-refractivity contribution in [1.29, 1.82) is 0 Å². The highest BCUT2D eigenvalue weighted by Crippen LogP contribution is 2.30. The standard InChI is InChI=1S/C24H28FN3O/c1-17(29)24(2,3)16-27-10-12-28(13-11-27)23-21-9-8-20(25)15-19(21)14-18-6-4-5-7-22(18)26-23/h4-9,15H,10-14,16H2,1-3H3. The van der Waals surface area contributed by atoms with Crippen molar-refractivity contribution >= 4 is 17.3 Å². The number of halogens is 1. The molecule has 2 aromatic rings. The summed E-state index contributed by atoms with van der Waals surface area (Å²) < 4.78 is 14.0. The summed E-state index contributed by atoms with van der Waals surface area (Å²) in [6, 6.07) is 13.1. The number of para-hydroxylation sites is 1. The molecule has 152 valence electrons. The van der Waals surface area contributed by atoms with Gasteiger partial charge in [-0.05, 0) is 42.3 Å². The molecule has 0 atom stereocenters. The van der Waals surface area contributed by atoms with Gasteiger partial charge in [0.15, 0.2) is 0 Å². The Morgan fingerprint density at radius 3 is 2.52 bits per heavy atom. The van der Waals surface area contributed by atoms with Gasteiger partial charge in [0.25, 0.3) is 0 Å². The lowest BCUT2D eigenvalue weighted by atomic mass is 9.88. The van der Waals surface area contributed by atoms with Crippen molar-refractivity contribution in [1.82, 2.24) is 9.80 Å². The van der Waals surface area contributed by atoms with Crippen LogP contribution in [0.25, 0.3) is 0 Å². The van der Waals surface area contributed by atoms with Crippen molar-refractivity contribution < 1.29 is 9.18 Å². The minimum absolute atomic E-state index is 0.209. The summed E-state index contributed by atoms with van der Waals surface area (Å²) in [6.45, 7) is 9.91. The van der Waals surface area contributed by atoms with Crippen LogP contribution in [0, 0.1) is 11.2 Å². The van der Waals surface area contributed by atoms with E-state index in [2.05, 4.69) is 15.9 Å². The van der Waals surface area contributed by atoms with E-state index in [0.717, 1.165) is 60.9 Å². The summed E-state index contributed by atoms with van der Waals surface area (Å²) in [5.41, 5.74) is 3.75. The molecular formula is C24H28FN3O. The smallest absolute Gasteiger partial charge is 0.136 e. The van der Waals surface area contributed by atoms with Crippen LogP contribution in [0.4, 0.5) is 10.1 Å². The van der Waals surface area contributed by atoms with E-state index in [1.807, 2.05) is 38.1 Å². The van der Waals surface area contributed by atoms with Crippen molar-refractivity contribution in [2.45, 2.75) is 27.2 Å². The number of nitrogens with zero attached hydrogens (tertiary/aromatic N) is 3. The molecule has 0 saturated carbocycles. The topological polar surface area (TPSA) is 35.9 Å². The van der Waals surface area contributed by atoms with Crippen LogP contribution in [-0.4, -0.2) is 54.1 Å². The van der Waals surface area contributed by atoms with Crippen LogP contribution in [0.1, 0.15) is 37.5 Å². The molecule has 4 rings (SSSR count). The van der Waals surface area contributed by atoms with E-state index in [1.54, 1.807) is 13.0 Å². The first kappa shape index (κ1) is 19.8. The molecular weight excluding hydrogens is 365 g/mol. The van der Waals surface area contributed by atoms with E-state index in [4.69, 9.17) is 4.99 Å². The number of aliphatic imine (C=N–C) groups is 1. The maximum Gasteiger partial charge on any atom is 0.136 e. The maximum absolute atomic E-state index is 14.0. The summed E-state index contributed by atoms with van der Waals surface area (Å²) in [4.78, 5) is 21.6. The molecule has 0 spiro atoms. The van der Waals surface area contributed by atoms with Crippen molar-refractivity contribution in [3.05, 3.63) is 65.0 Å². The minimum atomic E-state index is -0.328. The Labute approximate surface area is 172 Å². The maximum atomic E-state index is 14.0. The Balaban J connectivity index is 1.60. The summed E-state index contributed by atoms with van der Waals surface area (Å²) in [5.74, 6) is 0.940. The van der Waals surface area contributed by atoms with Gasteiger partial charge in [-0.15, -0.1) is 0 Å². The summed E-state index contributed by atoms with van der Waals surface area (Å²) >= 11 is 0. The molecule has 2 aliphatic rings. The van der Waals surface area contributed by atoms with E-state index in [9.17, 15) is 9.18 Å². The fourth-order valence-electron chi connectivity index (χ4n) is 4.10. The number of rotatable bonds is 3. The second kappa shape index (κ2) is 7.71. The second-order valence-electron chi connectivity index (χ2n) is 8.75. The third-order valence-electron chi connectivity index (χ3n) is 6.15. The fraction of sp³-hybridized carbons (Fsp3) is 0.417. The highest BCUT2D eigenvalue weighted by molar-refractivity contribution is 6.02. The molecule has 0 N–H and O–H groups in total. The highest BCUT2D eigenvalue weighted by Gasteiger charge is 2.30. The average Bonchev–Trinajstić information content (AvgIpc) is 2.84. The second-order valence-corrected chi connectivity index (χ2v) is 8.75. The highest BCUT2D eigenvalue weighted by atomic mass is 19.1. The van der Waals surface area contributed by atoms with Crippen molar-refractivity contribution in [2.75, 3.05) is 32.7 Å². The van der Waals surface area contributed by atoms with E-state index < -0.39 is 0 Å². The third-order valence-corrected chi connectivity index (χ3v) is 6.15. The average molecular weight is 394 g/mol. The lowest BCUT2D eigenvalue weighted by Gasteiger charge is -2.39. The van der Waals surface area contributed by atoms with Crippen molar-refractivity contribution in [3.8, 4) is 0 Å². The van der Waals surface area contributed by atoms with Gasteiger partial charge < -0.3 is 4.90 Å². The van der Waals surface area contributed by atoms with Crippen LogP contribution in [-0.2, 0) is 11.2 Å². The predicted octanol–water partition coefficient (Wildman–Crippen LogP) is 4.04. The number of amidine groups is 1. The van der Waals surface area contributed by atoms with Gasteiger partial charge in [-0.2, -0.15) is 0 Å². The Bertz CT molecular complexity index is 958. The monoisotopic (exact) mass is 393 g/mol. The molecule has 0 aliphatic carbocycles. The zero-order valence-corrected chi connectivity index (χ0v) is 17.4. The largest absolute Gasteiger partial charge is 0.354 e. The number of hydrogen-bond donors (Lipinski definition) is 0. The molecule has 1 fully saturated rings. The first-order chi connectivity index (χ1) is 13.8. The first-order valence-electron chi connectivity index (χ1n) is 10.3. The molecule has 0 amide bonds. The van der Waals surface area contributed by atoms with Crippen LogP contribution >= 0.6 is 0 Å². The summed E-state index contributed by atoms with van der Waals surface area (Å²) in [5, 5.41) is 0. The molecule has 2 heterocycles. The quantitative estimate of drug-likeness (QED) is 0.790. The van der Waals surface area contributed by atoms with Crippen LogP contribution < -0.4 is 0 Å². The van der Waals surface area contributed by atoms with Crippen molar-refractivity contribution in [3.63, 3.8) is 0 Å². The van der Waals surface area contributed by atoms with Gasteiger partial charge in [-0.3, -0.25) is 9.69 Å². The molecule has 29 heavy (non-hydrogen) atoms. The molecule has 5 heteroatoms. The molecule has 2 aromatic carbocycles. The van der Waals surface area contributed by atoms with Gasteiger partial charge in [0, 0.05) is 50.1 Å².